The second-order valence-corrected chi connectivity index (χ2v) is 4.04. The Morgan fingerprint density at radius 3 is 2.86 bits per heavy atom. The van der Waals surface area contributed by atoms with Gasteiger partial charge in [-0.15, -0.1) is 0 Å². The largest absolute Gasteiger partial charge is 0.388 e. The number of hydrogen-bond donors (Lipinski definition) is 2. The summed E-state index contributed by atoms with van der Waals surface area (Å²) in [6.07, 6.45) is 4.22. The molecule has 2 rings (SSSR count). The monoisotopic (exact) mass is 213 g/mol. The second-order valence-electron chi connectivity index (χ2n) is 3.66. The molecule has 0 saturated heterocycles. The molecule has 5 heteroatoms. The fourth-order valence-corrected chi connectivity index (χ4v) is 1.59. The summed E-state index contributed by atoms with van der Waals surface area (Å²) in [6, 6.07) is 1.64. The normalized spacial score (nSPS) is 18.7. The second kappa shape index (κ2) is 3.71. The fourth-order valence-electron chi connectivity index (χ4n) is 1.45. The molecule has 0 radical (unpaired) electrons. The highest BCUT2D eigenvalue weighted by Gasteiger charge is 2.33. The Morgan fingerprint density at radius 1 is 1.50 bits per heavy atom. The Labute approximate surface area is 87.3 Å². The third-order valence-electron chi connectivity index (χ3n) is 2.52. The van der Waals surface area contributed by atoms with Gasteiger partial charge in [0.25, 0.3) is 0 Å². The predicted molar refractivity (Wildman–Crippen MR) is 54.3 cm³/mol. The van der Waals surface area contributed by atoms with Crippen LogP contribution in [0.25, 0.3) is 0 Å². The van der Waals surface area contributed by atoms with E-state index in [2.05, 4.69) is 15.3 Å². The molecule has 1 aromatic heterocycles. The molecule has 2 N–H and O–H groups in total. The molecule has 0 unspecified atom stereocenters. The van der Waals surface area contributed by atoms with Crippen molar-refractivity contribution in [3.8, 4) is 0 Å². The van der Waals surface area contributed by atoms with Crippen molar-refractivity contribution in [3.05, 3.63) is 17.5 Å². The van der Waals surface area contributed by atoms with E-state index in [1.54, 1.807) is 6.07 Å². The lowest BCUT2D eigenvalue weighted by Crippen LogP contribution is -2.43. The maximum absolute atomic E-state index is 9.80. The van der Waals surface area contributed by atoms with E-state index in [4.69, 9.17) is 11.6 Å². The highest BCUT2D eigenvalue weighted by Crippen LogP contribution is 2.31. The number of hydrogen-bond acceptors (Lipinski definition) is 4. The molecule has 0 spiro atoms. The Balaban J connectivity index is 1.91. The molecule has 1 fully saturated rings. The minimum absolute atomic E-state index is 0.406. The van der Waals surface area contributed by atoms with Gasteiger partial charge in [0.1, 0.15) is 17.3 Å². The lowest BCUT2D eigenvalue weighted by Gasteiger charge is -2.36. The van der Waals surface area contributed by atoms with Gasteiger partial charge in [0.2, 0.25) is 0 Å². The van der Waals surface area contributed by atoms with E-state index in [0.29, 0.717) is 17.5 Å². The predicted octanol–water partition coefficient (Wildman–Crippen LogP) is 1.46. The molecular weight excluding hydrogens is 202 g/mol. The fraction of sp³-hybridized carbons (Fsp3) is 0.556. The van der Waals surface area contributed by atoms with E-state index in [9.17, 15) is 5.11 Å². The third-order valence-corrected chi connectivity index (χ3v) is 2.72. The van der Waals surface area contributed by atoms with E-state index in [-0.39, 0.29) is 0 Å². The van der Waals surface area contributed by atoms with Gasteiger partial charge >= 0.3 is 0 Å². The SMILES string of the molecule is OC1(CNc2cc(Cl)ncn2)CCC1. The first kappa shape index (κ1) is 9.68. The molecule has 76 valence electrons. The number of aliphatic hydroxyl groups is 1. The summed E-state index contributed by atoms with van der Waals surface area (Å²) in [5.41, 5.74) is -0.544. The van der Waals surface area contributed by atoms with E-state index >= 15 is 0 Å². The van der Waals surface area contributed by atoms with Crippen LogP contribution in [-0.4, -0.2) is 27.2 Å². The van der Waals surface area contributed by atoms with Crippen LogP contribution in [0.3, 0.4) is 0 Å². The third kappa shape index (κ3) is 2.13. The highest BCUT2D eigenvalue weighted by atomic mass is 35.5. The molecule has 1 aliphatic carbocycles. The first-order valence-corrected chi connectivity index (χ1v) is 5.00. The van der Waals surface area contributed by atoms with E-state index in [1.165, 1.54) is 6.33 Å². The van der Waals surface area contributed by atoms with Crippen LogP contribution < -0.4 is 5.32 Å². The van der Waals surface area contributed by atoms with Crippen molar-refractivity contribution in [2.45, 2.75) is 24.9 Å². The summed E-state index contributed by atoms with van der Waals surface area (Å²) in [7, 11) is 0. The van der Waals surface area contributed by atoms with Gasteiger partial charge in [-0.2, -0.15) is 0 Å². The van der Waals surface area contributed by atoms with Gasteiger partial charge < -0.3 is 10.4 Å². The number of aromatic nitrogens is 2. The zero-order chi connectivity index (χ0) is 10.0. The molecule has 14 heavy (non-hydrogen) atoms. The summed E-state index contributed by atoms with van der Waals surface area (Å²) < 4.78 is 0. The summed E-state index contributed by atoms with van der Waals surface area (Å²) in [6.45, 7) is 0.528. The molecule has 1 saturated carbocycles. The molecule has 1 aromatic rings. The van der Waals surface area contributed by atoms with Crippen molar-refractivity contribution in [1.82, 2.24) is 9.97 Å². The topological polar surface area (TPSA) is 58.0 Å². The van der Waals surface area contributed by atoms with Gasteiger partial charge in [0.05, 0.1) is 5.60 Å². The maximum Gasteiger partial charge on any atom is 0.134 e. The van der Waals surface area contributed by atoms with Crippen LogP contribution >= 0.6 is 11.6 Å². The van der Waals surface area contributed by atoms with Crippen molar-refractivity contribution in [1.29, 1.82) is 0 Å². The minimum atomic E-state index is -0.544. The summed E-state index contributed by atoms with van der Waals surface area (Å²) in [4.78, 5) is 7.75. The quantitative estimate of drug-likeness (QED) is 0.747. The van der Waals surface area contributed by atoms with Gasteiger partial charge in [-0.1, -0.05) is 11.6 Å². The molecule has 1 aliphatic rings. The van der Waals surface area contributed by atoms with Gasteiger partial charge in [0, 0.05) is 12.6 Å². The standard InChI is InChI=1S/C9H12ClN3O/c10-7-4-8(13-6-12-7)11-5-9(14)2-1-3-9/h4,6,14H,1-3,5H2,(H,11,12,13). The molecule has 0 amide bonds. The van der Waals surface area contributed by atoms with Crippen molar-refractivity contribution in [2.24, 2.45) is 0 Å². The Morgan fingerprint density at radius 2 is 2.29 bits per heavy atom. The van der Waals surface area contributed by atoms with Gasteiger partial charge in [0.15, 0.2) is 0 Å². The van der Waals surface area contributed by atoms with Gasteiger partial charge in [-0.25, -0.2) is 9.97 Å². The first-order chi connectivity index (χ1) is 6.68. The summed E-state index contributed by atoms with van der Waals surface area (Å²) in [5.74, 6) is 0.658. The van der Waals surface area contributed by atoms with Crippen LogP contribution in [0.5, 0.6) is 0 Å². The lowest BCUT2D eigenvalue weighted by molar-refractivity contribution is -0.0202. The Hall–Kier alpha value is -0.870. The van der Waals surface area contributed by atoms with Gasteiger partial charge in [-0.3, -0.25) is 0 Å². The molecule has 0 aromatic carbocycles. The van der Waals surface area contributed by atoms with Crippen LogP contribution in [0.2, 0.25) is 5.15 Å². The number of rotatable bonds is 3. The van der Waals surface area contributed by atoms with Crippen LogP contribution in [-0.2, 0) is 0 Å². The molecule has 0 aliphatic heterocycles. The van der Waals surface area contributed by atoms with E-state index in [1.807, 2.05) is 0 Å². The van der Waals surface area contributed by atoms with E-state index < -0.39 is 5.60 Å². The van der Waals surface area contributed by atoms with Crippen LogP contribution in [0, 0.1) is 0 Å². The number of halogens is 1. The summed E-state index contributed by atoms with van der Waals surface area (Å²) >= 11 is 5.69. The van der Waals surface area contributed by atoms with Crippen LogP contribution in [0.15, 0.2) is 12.4 Å². The van der Waals surface area contributed by atoms with Crippen LogP contribution in [0.4, 0.5) is 5.82 Å². The minimum Gasteiger partial charge on any atom is -0.388 e. The lowest BCUT2D eigenvalue weighted by atomic mass is 9.80. The molecule has 0 atom stereocenters. The average Bonchev–Trinajstić information content (AvgIpc) is 2.12. The van der Waals surface area contributed by atoms with Crippen molar-refractivity contribution in [2.75, 3.05) is 11.9 Å². The molecule has 4 nitrogen and oxygen atoms in total. The van der Waals surface area contributed by atoms with Crippen molar-refractivity contribution in [3.63, 3.8) is 0 Å². The number of nitrogens with zero attached hydrogens (tertiary/aromatic N) is 2. The number of nitrogens with one attached hydrogen (secondary N) is 1. The molecule has 1 heterocycles. The summed E-state index contributed by atoms with van der Waals surface area (Å²) in [5, 5.41) is 13.2. The zero-order valence-corrected chi connectivity index (χ0v) is 8.46. The van der Waals surface area contributed by atoms with Gasteiger partial charge in [-0.05, 0) is 19.3 Å². The van der Waals surface area contributed by atoms with Crippen LogP contribution in [0.1, 0.15) is 19.3 Å². The zero-order valence-electron chi connectivity index (χ0n) is 7.70. The highest BCUT2D eigenvalue weighted by molar-refractivity contribution is 6.29. The Bertz CT molecular complexity index is 328. The maximum atomic E-state index is 9.80. The molecule has 0 bridgehead atoms. The Kier molecular flexibility index (Phi) is 2.56. The average molecular weight is 214 g/mol. The van der Waals surface area contributed by atoms with Crippen molar-refractivity contribution >= 4 is 17.4 Å². The smallest absolute Gasteiger partial charge is 0.134 e. The number of anilines is 1. The molecular formula is C9H12ClN3O. The van der Waals surface area contributed by atoms with Crippen molar-refractivity contribution < 1.29 is 5.11 Å². The van der Waals surface area contributed by atoms with E-state index in [0.717, 1.165) is 19.3 Å². The first-order valence-electron chi connectivity index (χ1n) is 4.62.